The number of ether oxygens (including phenoxy) is 2. The molecule has 23 heavy (non-hydrogen) atoms. The van der Waals surface area contributed by atoms with Gasteiger partial charge in [-0.1, -0.05) is 6.07 Å². The third kappa shape index (κ3) is 4.94. The second-order valence-electron chi connectivity index (χ2n) is 5.57. The monoisotopic (exact) mass is 385 g/mol. The molecule has 0 spiro atoms. The average molecular weight is 386 g/mol. The lowest BCUT2D eigenvalue weighted by atomic mass is 10.2. The molecule has 1 heterocycles. The van der Waals surface area contributed by atoms with E-state index in [9.17, 15) is 9.59 Å². The van der Waals surface area contributed by atoms with Gasteiger partial charge in [0.15, 0.2) is 6.10 Å². The van der Waals surface area contributed by atoms with Crippen LogP contribution in [-0.4, -0.2) is 53.8 Å². The number of morpholine rings is 1. The van der Waals surface area contributed by atoms with Crippen molar-refractivity contribution in [2.45, 2.75) is 32.5 Å². The van der Waals surface area contributed by atoms with E-state index in [1.54, 1.807) is 11.8 Å². The molecule has 1 fully saturated rings. The van der Waals surface area contributed by atoms with Crippen molar-refractivity contribution in [2.75, 3.05) is 19.7 Å². The minimum Gasteiger partial charge on any atom is -0.481 e. The molecule has 0 saturated carbocycles. The summed E-state index contributed by atoms with van der Waals surface area (Å²) >= 11 is 3.42. The number of aryl methyl sites for hydroxylation is 1. The van der Waals surface area contributed by atoms with Crippen LogP contribution in [0.25, 0.3) is 0 Å². The van der Waals surface area contributed by atoms with Crippen molar-refractivity contribution >= 4 is 27.8 Å². The van der Waals surface area contributed by atoms with Gasteiger partial charge in [0.2, 0.25) is 0 Å². The van der Waals surface area contributed by atoms with Crippen molar-refractivity contribution in [3.63, 3.8) is 0 Å². The van der Waals surface area contributed by atoms with Crippen LogP contribution < -0.4 is 4.74 Å². The first-order valence-corrected chi connectivity index (χ1v) is 8.21. The Hall–Kier alpha value is -1.60. The van der Waals surface area contributed by atoms with Crippen LogP contribution in [0.3, 0.4) is 0 Å². The maximum atomic E-state index is 12.5. The summed E-state index contributed by atoms with van der Waals surface area (Å²) in [7, 11) is 0. The van der Waals surface area contributed by atoms with Crippen molar-refractivity contribution in [3.8, 4) is 5.75 Å². The van der Waals surface area contributed by atoms with E-state index in [4.69, 9.17) is 14.6 Å². The van der Waals surface area contributed by atoms with Crippen LogP contribution in [0.15, 0.2) is 22.7 Å². The first kappa shape index (κ1) is 17.7. The van der Waals surface area contributed by atoms with Crippen molar-refractivity contribution in [1.29, 1.82) is 0 Å². The fourth-order valence-corrected chi connectivity index (χ4v) is 3.02. The largest absolute Gasteiger partial charge is 0.481 e. The van der Waals surface area contributed by atoms with Crippen LogP contribution in [-0.2, 0) is 14.3 Å². The highest BCUT2D eigenvalue weighted by Crippen LogP contribution is 2.27. The molecule has 2 atom stereocenters. The molecule has 126 valence electrons. The van der Waals surface area contributed by atoms with Crippen LogP contribution in [0.2, 0.25) is 0 Å². The zero-order chi connectivity index (χ0) is 17.0. The molecule has 1 aromatic rings. The van der Waals surface area contributed by atoms with Crippen molar-refractivity contribution in [1.82, 2.24) is 4.90 Å². The topological polar surface area (TPSA) is 76.1 Å². The lowest BCUT2D eigenvalue weighted by molar-refractivity contribution is -0.151. The van der Waals surface area contributed by atoms with Gasteiger partial charge in [-0.15, -0.1) is 0 Å². The molecule has 0 aliphatic carbocycles. The molecule has 1 N–H and O–H groups in total. The summed E-state index contributed by atoms with van der Waals surface area (Å²) < 4.78 is 11.9. The Kier molecular flexibility index (Phi) is 6.01. The van der Waals surface area contributed by atoms with Crippen LogP contribution in [0.5, 0.6) is 5.75 Å². The van der Waals surface area contributed by atoms with E-state index >= 15 is 0 Å². The third-order valence-corrected chi connectivity index (χ3v) is 4.21. The van der Waals surface area contributed by atoms with Crippen molar-refractivity contribution in [2.24, 2.45) is 0 Å². The second-order valence-corrected chi connectivity index (χ2v) is 6.42. The van der Waals surface area contributed by atoms with E-state index in [0.717, 1.165) is 10.0 Å². The highest BCUT2D eigenvalue weighted by atomic mass is 79.9. The predicted molar refractivity (Wildman–Crippen MR) is 87.5 cm³/mol. The maximum Gasteiger partial charge on any atom is 0.306 e. The quantitative estimate of drug-likeness (QED) is 0.840. The molecular weight excluding hydrogens is 366 g/mol. The molecular formula is C16H20BrNO5. The van der Waals surface area contributed by atoms with E-state index in [-0.39, 0.29) is 18.9 Å². The van der Waals surface area contributed by atoms with E-state index in [0.29, 0.717) is 18.9 Å². The molecule has 1 aliphatic heterocycles. The molecule has 2 rings (SSSR count). The summed E-state index contributed by atoms with van der Waals surface area (Å²) in [5.74, 6) is -0.500. The van der Waals surface area contributed by atoms with Crippen molar-refractivity contribution in [3.05, 3.63) is 28.2 Å². The molecule has 6 nitrogen and oxygen atoms in total. The summed E-state index contributed by atoms with van der Waals surface area (Å²) in [6.45, 7) is 4.71. The van der Waals surface area contributed by atoms with Crippen LogP contribution in [0, 0.1) is 6.92 Å². The zero-order valence-electron chi connectivity index (χ0n) is 13.1. The molecule has 0 unspecified atom stereocenters. The molecule has 7 heteroatoms. The van der Waals surface area contributed by atoms with Gasteiger partial charge < -0.3 is 19.5 Å². The minimum atomic E-state index is -0.933. The number of nitrogens with zero attached hydrogens (tertiary/aromatic N) is 1. The Morgan fingerprint density at radius 1 is 1.52 bits per heavy atom. The van der Waals surface area contributed by atoms with Gasteiger partial charge in [0.25, 0.3) is 5.91 Å². The maximum absolute atomic E-state index is 12.5. The number of halogens is 1. The number of aliphatic carboxylic acids is 1. The Morgan fingerprint density at radius 3 is 2.91 bits per heavy atom. The van der Waals surface area contributed by atoms with Crippen LogP contribution in [0.4, 0.5) is 0 Å². The van der Waals surface area contributed by atoms with E-state index in [2.05, 4.69) is 15.9 Å². The molecule has 0 aromatic heterocycles. The van der Waals surface area contributed by atoms with Gasteiger partial charge in [-0.25, -0.2) is 0 Å². The summed E-state index contributed by atoms with van der Waals surface area (Å²) in [4.78, 5) is 24.9. The Balaban J connectivity index is 1.97. The number of rotatable bonds is 5. The number of carbonyl (C=O) groups is 2. The Morgan fingerprint density at radius 2 is 2.26 bits per heavy atom. The van der Waals surface area contributed by atoms with Crippen LogP contribution >= 0.6 is 15.9 Å². The normalized spacial score (nSPS) is 19.3. The molecule has 0 bridgehead atoms. The standard InChI is InChI=1S/C16H20BrNO5/c1-10-3-4-14(13(17)7-10)23-11(2)16(21)18-5-6-22-12(9-18)8-15(19)20/h3-4,7,11-12H,5-6,8-9H2,1-2H3,(H,19,20)/t11-,12-/m0/s1. The summed E-state index contributed by atoms with van der Waals surface area (Å²) in [6.07, 6.45) is -1.23. The number of carbonyl (C=O) groups excluding carboxylic acids is 1. The fourth-order valence-electron chi connectivity index (χ4n) is 2.44. The molecule has 1 aromatic carbocycles. The number of amides is 1. The average Bonchev–Trinajstić information content (AvgIpc) is 2.49. The highest BCUT2D eigenvalue weighted by molar-refractivity contribution is 9.10. The van der Waals surface area contributed by atoms with Gasteiger partial charge in [-0.3, -0.25) is 9.59 Å². The zero-order valence-corrected chi connectivity index (χ0v) is 14.7. The minimum absolute atomic E-state index is 0.109. The number of carboxylic acid groups (broad SMARTS) is 1. The van der Waals surface area contributed by atoms with Gasteiger partial charge in [0.1, 0.15) is 5.75 Å². The lowest BCUT2D eigenvalue weighted by Gasteiger charge is -2.33. The van der Waals surface area contributed by atoms with Gasteiger partial charge in [0, 0.05) is 13.1 Å². The predicted octanol–water partition coefficient (Wildman–Crippen LogP) is 2.23. The van der Waals surface area contributed by atoms with E-state index < -0.39 is 18.2 Å². The first-order valence-electron chi connectivity index (χ1n) is 7.42. The molecule has 0 radical (unpaired) electrons. The smallest absolute Gasteiger partial charge is 0.306 e. The molecule has 1 saturated heterocycles. The molecule has 1 aliphatic rings. The fraction of sp³-hybridized carbons (Fsp3) is 0.500. The number of carboxylic acids is 1. The van der Waals surface area contributed by atoms with Gasteiger partial charge in [0.05, 0.1) is 23.6 Å². The highest BCUT2D eigenvalue weighted by Gasteiger charge is 2.29. The summed E-state index contributed by atoms with van der Waals surface area (Å²) in [6, 6.07) is 5.65. The third-order valence-electron chi connectivity index (χ3n) is 3.59. The first-order chi connectivity index (χ1) is 10.9. The Labute approximate surface area is 143 Å². The number of hydrogen-bond acceptors (Lipinski definition) is 4. The van der Waals surface area contributed by atoms with Crippen LogP contribution in [0.1, 0.15) is 18.9 Å². The van der Waals surface area contributed by atoms with Gasteiger partial charge in [-0.05, 0) is 47.5 Å². The summed E-state index contributed by atoms with van der Waals surface area (Å²) in [5, 5.41) is 8.83. The molecule has 1 amide bonds. The van der Waals surface area contributed by atoms with E-state index in [1.807, 2.05) is 25.1 Å². The summed E-state index contributed by atoms with van der Waals surface area (Å²) in [5.41, 5.74) is 1.09. The van der Waals surface area contributed by atoms with Crippen molar-refractivity contribution < 1.29 is 24.2 Å². The second kappa shape index (κ2) is 7.79. The van der Waals surface area contributed by atoms with E-state index in [1.165, 1.54) is 0 Å². The number of benzene rings is 1. The SMILES string of the molecule is Cc1ccc(O[C@@H](C)C(=O)N2CCO[C@@H](CC(=O)O)C2)c(Br)c1. The Bertz CT molecular complexity index is 592. The lowest BCUT2D eigenvalue weighted by Crippen LogP contribution is -2.50. The van der Waals surface area contributed by atoms with Gasteiger partial charge in [-0.2, -0.15) is 0 Å². The van der Waals surface area contributed by atoms with Gasteiger partial charge >= 0.3 is 5.97 Å². The number of hydrogen-bond donors (Lipinski definition) is 1.